The molecule has 0 aliphatic heterocycles. The first-order valence-corrected chi connectivity index (χ1v) is 10.0. The zero-order valence-corrected chi connectivity index (χ0v) is 17.1. The normalized spacial score (nSPS) is 11.3. The average Bonchev–Trinajstić information content (AvgIpc) is 3.02. The minimum Gasteiger partial charge on any atom is -0.326 e. The van der Waals surface area contributed by atoms with Crippen LogP contribution in [0.5, 0.6) is 0 Å². The van der Waals surface area contributed by atoms with Crippen LogP contribution in [0.25, 0.3) is 0 Å². The van der Waals surface area contributed by atoms with Crippen molar-refractivity contribution in [3.63, 3.8) is 0 Å². The molecule has 0 atom stereocenters. The van der Waals surface area contributed by atoms with E-state index in [1.165, 1.54) is 16.9 Å². The van der Waals surface area contributed by atoms with Gasteiger partial charge in [0.05, 0.1) is 22.7 Å². The van der Waals surface area contributed by atoms with Crippen LogP contribution in [0.1, 0.15) is 23.7 Å². The Hall–Kier alpha value is -2.88. The van der Waals surface area contributed by atoms with Crippen molar-refractivity contribution in [1.82, 2.24) is 4.57 Å². The second-order valence-electron chi connectivity index (χ2n) is 6.23. The molecular weight excluding hydrogens is 392 g/mol. The van der Waals surface area contributed by atoms with Crippen LogP contribution in [0, 0.1) is 11.3 Å². The Kier molecular flexibility index (Phi) is 6.30. The number of aryl methyl sites for hydroxylation is 1. The maximum Gasteiger partial charge on any atom is 0.230 e. The molecule has 0 bridgehead atoms. The third-order valence-electron chi connectivity index (χ3n) is 4.30. The summed E-state index contributed by atoms with van der Waals surface area (Å²) >= 11 is 7.52. The number of hydrogen-bond acceptors (Lipinski definition) is 4. The molecule has 1 N–H and O–H groups in total. The maximum atomic E-state index is 12.4. The number of benzene rings is 2. The fraction of sp³-hybridized carbons (Fsp3) is 0.190. The molecule has 0 saturated carbocycles. The summed E-state index contributed by atoms with van der Waals surface area (Å²) in [5, 5.41) is 14.2. The van der Waals surface area contributed by atoms with Gasteiger partial charge in [-0.2, -0.15) is 5.26 Å². The molecule has 7 heteroatoms. The van der Waals surface area contributed by atoms with Crippen LogP contribution in [-0.4, -0.2) is 10.5 Å². The van der Waals surface area contributed by atoms with Crippen molar-refractivity contribution in [3.05, 3.63) is 74.5 Å². The Morgan fingerprint density at radius 3 is 2.68 bits per heavy atom. The van der Waals surface area contributed by atoms with E-state index in [9.17, 15) is 4.79 Å². The fourth-order valence-electron chi connectivity index (χ4n) is 2.63. The minimum absolute atomic E-state index is 0.0781. The summed E-state index contributed by atoms with van der Waals surface area (Å²) in [6.07, 6.45) is 1.22. The predicted octanol–water partition coefficient (Wildman–Crippen LogP) is 4.59. The van der Waals surface area contributed by atoms with Crippen molar-refractivity contribution < 1.29 is 4.79 Å². The van der Waals surface area contributed by atoms with E-state index in [0.717, 1.165) is 22.6 Å². The van der Waals surface area contributed by atoms with Gasteiger partial charge in [-0.15, -0.1) is 11.3 Å². The van der Waals surface area contributed by atoms with Gasteiger partial charge in [0.15, 0.2) is 4.80 Å². The first kappa shape index (κ1) is 19.9. The molecule has 2 aromatic carbocycles. The summed E-state index contributed by atoms with van der Waals surface area (Å²) in [7, 11) is 1.87. The lowest BCUT2D eigenvalue weighted by molar-refractivity contribution is -0.115. The average molecular weight is 411 g/mol. The molecule has 3 rings (SSSR count). The molecule has 0 saturated heterocycles. The molecule has 28 heavy (non-hydrogen) atoms. The van der Waals surface area contributed by atoms with Crippen molar-refractivity contribution in [1.29, 1.82) is 5.26 Å². The lowest BCUT2D eigenvalue weighted by Crippen LogP contribution is -2.19. The number of aromatic nitrogens is 1. The molecule has 0 radical (unpaired) electrons. The van der Waals surface area contributed by atoms with Gasteiger partial charge >= 0.3 is 0 Å². The van der Waals surface area contributed by atoms with Gasteiger partial charge in [-0.1, -0.05) is 30.7 Å². The van der Waals surface area contributed by atoms with E-state index in [4.69, 9.17) is 16.9 Å². The SMILES string of the molecule is CCc1ccc(NC(=O)Cc2csc(=Nc3ccc(C#N)c(Cl)c3)n2C)cc1. The Bertz CT molecular complexity index is 1110. The summed E-state index contributed by atoms with van der Waals surface area (Å²) in [5.74, 6) is -0.0781. The van der Waals surface area contributed by atoms with Gasteiger partial charge in [-0.05, 0) is 42.3 Å². The number of nitrogens with one attached hydrogen (secondary N) is 1. The number of nitrogens with zero attached hydrogens (tertiary/aromatic N) is 3. The third kappa shape index (κ3) is 4.69. The van der Waals surface area contributed by atoms with Crippen molar-refractivity contribution >= 4 is 40.2 Å². The number of anilines is 1. The predicted molar refractivity (Wildman–Crippen MR) is 113 cm³/mol. The zero-order valence-electron chi connectivity index (χ0n) is 15.6. The molecule has 1 amide bonds. The van der Waals surface area contributed by atoms with E-state index >= 15 is 0 Å². The molecule has 142 valence electrons. The van der Waals surface area contributed by atoms with Crippen LogP contribution in [0.3, 0.4) is 0 Å². The highest BCUT2D eigenvalue weighted by molar-refractivity contribution is 7.07. The number of carbonyl (C=O) groups is 1. The number of hydrogen-bond donors (Lipinski definition) is 1. The molecule has 0 aliphatic carbocycles. The standard InChI is InChI=1S/C21H19ClN4OS/c1-3-14-4-7-16(8-5-14)24-20(27)11-18-13-28-21(26(18)2)25-17-9-6-15(12-23)19(22)10-17/h4-10,13H,3,11H2,1-2H3,(H,24,27). The molecular formula is C21H19ClN4OS. The van der Waals surface area contributed by atoms with Crippen molar-refractivity contribution in [2.75, 3.05) is 5.32 Å². The number of carbonyl (C=O) groups excluding carboxylic acids is 1. The highest BCUT2D eigenvalue weighted by atomic mass is 35.5. The molecule has 0 unspecified atom stereocenters. The minimum atomic E-state index is -0.0781. The number of halogens is 1. The highest BCUT2D eigenvalue weighted by Gasteiger charge is 2.09. The van der Waals surface area contributed by atoms with Gasteiger partial charge in [0.2, 0.25) is 5.91 Å². The number of thiazole rings is 1. The van der Waals surface area contributed by atoms with Crippen LogP contribution in [0.2, 0.25) is 5.02 Å². The van der Waals surface area contributed by atoms with E-state index < -0.39 is 0 Å². The molecule has 0 spiro atoms. The Morgan fingerprint density at radius 1 is 1.29 bits per heavy atom. The monoisotopic (exact) mass is 410 g/mol. The number of amides is 1. The van der Waals surface area contributed by atoms with E-state index in [2.05, 4.69) is 17.2 Å². The van der Waals surface area contributed by atoms with Crippen LogP contribution < -0.4 is 10.1 Å². The Morgan fingerprint density at radius 2 is 2.04 bits per heavy atom. The maximum absolute atomic E-state index is 12.4. The molecule has 5 nitrogen and oxygen atoms in total. The van der Waals surface area contributed by atoms with Crippen molar-refractivity contribution in [2.24, 2.45) is 12.0 Å². The zero-order chi connectivity index (χ0) is 20.1. The Labute approximate surface area is 172 Å². The molecule has 3 aromatic rings. The van der Waals surface area contributed by atoms with Crippen molar-refractivity contribution in [3.8, 4) is 6.07 Å². The fourth-order valence-corrected chi connectivity index (χ4v) is 3.76. The van der Waals surface area contributed by atoms with Gasteiger partial charge in [0.25, 0.3) is 0 Å². The Balaban J connectivity index is 1.74. The number of rotatable bonds is 5. The highest BCUT2D eigenvalue weighted by Crippen LogP contribution is 2.22. The van der Waals surface area contributed by atoms with Gasteiger partial charge in [-0.3, -0.25) is 4.79 Å². The van der Waals surface area contributed by atoms with E-state index in [0.29, 0.717) is 16.3 Å². The quantitative estimate of drug-likeness (QED) is 0.668. The van der Waals surface area contributed by atoms with Gasteiger partial charge in [0, 0.05) is 23.8 Å². The summed E-state index contributed by atoms with van der Waals surface area (Å²) in [5.41, 5.74) is 3.97. The van der Waals surface area contributed by atoms with E-state index in [1.807, 2.05) is 47.3 Å². The first-order valence-electron chi connectivity index (χ1n) is 8.76. The summed E-state index contributed by atoms with van der Waals surface area (Å²) in [6.45, 7) is 2.10. The van der Waals surface area contributed by atoms with Gasteiger partial charge in [0.1, 0.15) is 6.07 Å². The van der Waals surface area contributed by atoms with Crippen LogP contribution in [-0.2, 0) is 24.7 Å². The second kappa shape index (κ2) is 8.87. The summed E-state index contributed by atoms with van der Waals surface area (Å²) in [4.78, 5) is 17.7. The van der Waals surface area contributed by atoms with Crippen LogP contribution in [0.4, 0.5) is 11.4 Å². The molecule has 1 aromatic heterocycles. The molecule has 1 heterocycles. The van der Waals surface area contributed by atoms with Crippen molar-refractivity contribution in [2.45, 2.75) is 19.8 Å². The molecule has 0 aliphatic rings. The smallest absolute Gasteiger partial charge is 0.230 e. The van der Waals surface area contributed by atoms with Crippen LogP contribution in [0.15, 0.2) is 52.8 Å². The second-order valence-corrected chi connectivity index (χ2v) is 7.48. The van der Waals surface area contributed by atoms with E-state index in [1.54, 1.807) is 18.2 Å². The third-order valence-corrected chi connectivity index (χ3v) is 5.58. The summed E-state index contributed by atoms with van der Waals surface area (Å²) in [6, 6.07) is 14.9. The first-order chi connectivity index (χ1) is 13.5. The molecule has 0 fully saturated rings. The topological polar surface area (TPSA) is 70.2 Å². The largest absolute Gasteiger partial charge is 0.326 e. The lowest BCUT2D eigenvalue weighted by Gasteiger charge is -2.06. The summed E-state index contributed by atoms with van der Waals surface area (Å²) < 4.78 is 1.89. The van der Waals surface area contributed by atoms with Gasteiger partial charge in [-0.25, -0.2) is 4.99 Å². The van der Waals surface area contributed by atoms with Crippen LogP contribution >= 0.6 is 22.9 Å². The van der Waals surface area contributed by atoms with E-state index in [-0.39, 0.29) is 12.3 Å². The number of nitriles is 1. The van der Waals surface area contributed by atoms with Gasteiger partial charge < -0.3 is 9.88 Å². The lowest BCUT2D eigenvalue weighted by atomic mass is 10.1.